The molecule has 0 atom stereocenters. The molecule has 7 heteroatoms. The number of anilines is 1. The van der Waals surface area contributed by atoms with Gasteiger partial charge in [-0.25, -0.2) is 9.67 Å². The minimum absolute atomic E-state index is 0.0533. The van der Waals surface area contributed by atoms with Crippen LogP contribution in [0.15, 0.2) is 53.6 Å². The summed E-state index contributed by atoms with van der Waals surface area (Å²) < 4.78 is 1.44. The van der Waals surface area contributed by atoms with Crippen LogP contribution in [0.2, 0.25) is 0 Å². The maximum absolute atomic E-state index is 12.6. The summed E-state index contributed by atoms with van der Waals surface area (Å²) in [5.74, 6) is 0.675. The van der Waals surface area contributed by atoms with Crippen molar-refractivity contribution in [3.63, 3.8) is 0 Å². The van der Waals surface area contributed by atoms with E-state index in [1.54, 1.807) is 30.6 Å². The van der Waals surface area contributed by atoms with Gasteiger partial charge in [-0.15, -0.1) is 0 Å². The van der Waals surface area contributed by atoms with E-state index in [4.69, 9.17) is 0 Å². The number of benzene rings is 1. The van der Waals surface area contributed by atoms with Crippen LogP contribution in [0.3, 0.4) is 0 Å². The van der Waals surface area contributed by atoms with E-state index in [0.29, 0.717) is 29.9 Å². The zero-order valence-corrected chi connectivity index (χ0v) is 15.7. The first-order chi connectivity index (χ1) is 13.7. The molecule has 0 spiro atoms. The molecule has 4 rings (SSSR count). The Morgan fingerprint density at radius 1 is 1.11 bits per heavy atom. The summed E-state index contributed by atoms with van der Waals surface area (Å²) in [7, 11) is 0. The summed E-state index contributed by atoms with van der Waals surface area (Å²) in [6, 6.07) is 10.9. The van der Waals surface area contributed by atoms with Crippen molar-refractivity contribution in [1.29, 1.82) is 0 Å². The van der Waals surface area contributed by atoms with Gasteiger partial charge in [0.05, 0.1) is 18.1 Å². The van der Waals surface area contributed by atoms with E-state index in [1.165, 1.54) is 11.1 Å². The highest BCUT2D eigenvalue weighted by molar-refractivity contribution is 5.94. The van der Waals surface area contributed by atoms with Crippen LogP contribution in [-0.4, -0.2) is 45.2 Å². The Morgan fingerprint density at radius 3 is 2.79 bits per heavy atom. The number of rotatable bonds is 5. The lowest BCUT2D eigenvalue weighted by Gasteiger charge is -2.26. The lowest BCUT2D eigenvalue weighted by atomic mass is 10.1. The normalized spacial score (nSPS) is 14.2. The molecular weight excluding hydrogens is 354 g/mol. The summed E-state index contributed by atoms with van der Waals surface area (Å²) in [5, 5.41) is 8.91. The van der Waals surface area contributed by atoms with E-state index in [-0.39, 0.29) is 11.5 Å². The van der Waals surface area contributed by atoms with E-state index in [9.17, 15) is 9.59 Å². The number of pyridine rings is 1. The van der Waals surface area contributed by atoms with Crippen LogP contribution in [0.25, 0.3) is 10.8 Å². The number of piperidine rings is 1. The number of nitrogens with one attached hydrogen (secondary N) is 1. The number of hydrogen-bond acceptors (Lipinski definition) is 5. The second-order valence-corrected chi connectivity index (χ2v) is 6.97. The van der Waals surface area contributed by atoms with Gasteiger partial charge in [-0.05, 0) is 37.5 Å². The Bertz CT molecular complexity index is 1040. The van der Waals surface area contributed by atoms with Crippen LogP contribution in [0.5, 0.6) is 0 Å². The number of fused-ring (bicyclic) bond motifs is 1. The van der Waals surface area contributed by atoms with Crippen molar-refractivity contribution >= 4 is 22.5 Å². The quantitative estimate of drug-likeness (QED) is 0.739. The van der Waals surface area contributed by atoms with Crippen LogP contribution >= 0.6 is 0 Å². The largest absolute Gasteiger partial charge is 0.368 e. The van der Waals surface area contributed by atoms with Crippen LogP contribution in [0, 0.1) is 0 Å². The summed E-state index contributed by atoms with van der Waals surface area (Å²) in [6.07, 6.45) is 6.66. The SMILES string of the molecule is O=C(c1ccnc(NCCn2ncc3ccccc3c2=O)c1)N1CCCCC1. The Balaban J connectivity index is 1.41. The third kappa shape index (κ3) is 3.88. The van der Waals surface area contributed by atoms with Crippen LogP contribution in [0.4, 0.5) is 5.82 Å². The van der Waals surface area contributed by atoms with Gasteiger partial charge >= 0.3 is 0 Å². The second-order valence-electron chi connectivity index (χ2n) is 6.97. The molecule has 0 radical (unpaired) electrons. The third-order valence-electron chi connectivity index (χ3n) is 5.04. The lowest BCUT2D eigenvalue weighted by Crippen LogP contribution is -2.35. The minimum Gasteiger partial charge on any atom is -0.368 e. The molecule has 0 aliphatic carbocycles. The fraction of sp³-hybridized carbons (Fsp3) is 0.333. The molecule has 0 bridgehead atoms. The fourth-order valence-electron chi connectivity index (χ4n) is 3.52. The van der Waals surface area contributed by atoms with Crippen LogP contribution < -0.4 is 10.9 Å². The zero-order valence-electron chi connectivity index (χ0n) is 15.7. The average Bonchev–Trinajstić information content (AvgIpc) is 2.76. The highest BCUT2D eigenvalue weighted by atomic mass is 16.2. The first kappa shape index (κ1) is 18.2. The molecule has 1 amide bonds. The number of nitrogens with zero attached hydrogens (tertiary/aromatic N) is 4. The van der Waals surface area contributed by atoms with Gasteiger partial charge in [0.25, 0.3) is 11.5 Å². The molecule has 1 saturated heterocycles. The summed E-state index contributed by atoms with van der Waals surface area (Å²) in [6.45, 7) is 2.54. The van der Waals surface area contributed by atoms with E-state index >= 15 is 0 Å². The third-order valence-corrected chi connectivity index (χ3v) is 5.04. The van der Waals surface area contributed by atoms with Crippen molar-refractivity contribution in [2.24, 2.45) is 0 Å². The molecule has 1 fully saturated rings. The summed E-state index contributed by atoms with van der Waals surface area (Å²) in [4.78, 5) is 31.3. The number of likely N-dealkylation sites (tertiary alicyclic amines) is 1. The van der Waals surface area contributed by atoms with Crippen molar-refractivity contribution in [2.45, 2.75) is 25.8 Å². The van der Waals surface area contributed by atoms with Crippen molar-refractivity contribution in [1.82, 2.24) is 19.7 Å². The number of aromatic nitrogens is 3. The standard InChI is InChI=1S/C21H23N5O2/c27-20(25-11-4-1-5-12-25)16-8-9-22-19(14-16)23-10-13-26-21(28)18-7-3-2-6-17(18)15-24-26/h2-3,6-9,14-15H,1,4-5,10-13H2,(H,22,23). The van der Waals surface area contributed by atoms with Crippen molar-refractivity contribution in [3.05, 3.63) is 64.7 Å². The predicted molar refractivity (Wildman–Crippen MR) is 108 cm³/mol. The highest BCUT2D eigenvalue weighted by Crippen LogP contribution is 2.15. The monoisotopic (exact) mass is 377 g/mol. The molecular formula is C21H23N5O2. The number of carbonyl (C=O) groups excluding carboxylic acids is 1. The molecule has 7 nitrogen and oxygen atoms in total. The predicted octanol–water partition coefficient (Wildman–Crippen LogP) is 2.53. The van der Waals surface area contributed by atoms with Gasteiger partial charge in [-0.3, -0.25) is 9.59 Å². The molecule has 28 heavy (non-hydrogen) atoms. The van der Waals surface area contributed by atoms with Gasteiger partial charge in [0.1, 0.15) is 5.82 Å². The molecule has 2 aromatic heterocycles. The average molecular weight is 377 g/mol. The molecule has 3 aromatic rings. The Morgan fingerprint density at radius 2 is 1.93 bits per heavy atom. The van der Waals surface area contributed by atoms with E-state index in [2.05, 4.69) is 15.4 Å². The van der Waals surface area contributed by atoms with Crippen molar-refractivity contribution < 1.29 is 4.79 Å². The van der Waals surface area contributed by atoms with Gasteiger partial charge in [0, 0.05) is 36.8 Å². The molecule has 144 valence electrons. The van der Waals surface area contributed by atoms with Gasteiger partial charge in [-0.1, -0.05) is 18.2 Å². The number of amides is 1. The number of carbonyl (C=O) groups is 1. The second kappa shape index (κ2) is 8.21. The van der Waals surface area contributed by atoms with Gasteiger partial charge in [0.2, 0.25) is 0 Å². The maximum Gasteiger partial charge on any atom is 0.274 e. The van der Waals surface area contributed by atoms with Crippen LogP contribution in [-0.2, 0) is 6.54 Å². The molecule has 1 aromatic carbocycles. The topological polar surface area (TPSA) is 80.1 Å². The highest BCUT2D eigenvalue weighted by Gasteiger charge is 2.18. The Hall–Kier alpha value is -3.22. The molecule has 1 aliphatic rings. The van der Waals surface area contributed by atoms with E-state index < -0.39 is 0 Å². The molecule has 1 aliphatic heterocycles. The smallest absolute Gasteiger partial charge is 0.274 e. The first-order valence-corrected chi connectivity index (χ1v) is 9.66. The van der Waals surface area contributed by atoms with Gasteiger partial charge < -0.3 is 10.2 Å². The van der Waals surface area contributed by atoms with Crippen molar-refractivity contribution in [2.75, 3.05) is 25.0 Å². The van der Waals surface area contributed by atoms with E-state index in [0.717, 1.165) is 31.3 Å². The summed E-state index contributed by atoms with van der Waals surface area (Å²) in [5.41, 5.74) is 0.530. The fourth-order valence-corrected chi connectivity index (χ4v) is 3.52. The molecule has 1 N–H and O–H groups in total. The lowest BCUT2D eigenvalue weighted by molar-refractivity contribution is 0.0724. The minimum atomic E-state index is -0.109. The van der Waals surface area contributed by atoms with E-state index in [1.807, 2.05) is 23.1 Å². The Labute approximate surface area is 163 Å². The first-order valence-electron chi connectivity index (χ1n) is 9.66. The maximum atomic E-state index is 12.6. The van der Waals surface area contributed by atoms with Gasteiger partial charge in [-0.2, -0.15) is 5.10 Å². The molecule has 3 heterocycles. The summed E-state index contributed by atoms with van der Waals surface area (Å²) >= 11 is 0. The zero-order chi connectivity index (χ0) is 19.3. The Kier molecular flexibility index (Phi) is 5.32. The van der Waals surface area contributed by atoms with Crippen molar-refractivity contribution in [3.8, 4) is 0 Å². The molecule has 0 unspecified atom stereocenters. The molecule has 0 saturated carbocycles. The number of hydrogen-bond donors (Lipinski definition) is 1. The van der Waals surface area contributed by atoms with Gasteiger partial charge in [0.15, 0.2) is 0 Å². The van der Waals surface area contributed by atoms with Crippen LogP contribution in [0.1, 0.15) is 29.6 Å².